The van der Waals surface area contributed by atoms with Crippen LogP contribution >= 0.6 is 0 Å². The van der Waals surface area contributed by atoms with E-state index in [2.05, 4.69) is 4.98 Å². The van der Waals surface area contributed by atoms with E-state index in [-0.39, 0.29) is 6.04 Å². The molecule has 2 aliphatic rings. The molecule has 2 N–H and O–H groups in total. The summed E-state index contributed by atoms with van der Waals surface area (Å²) < 4.78 is 5.47. The van der Waals surface area contributed by atoms with Gasteiger partial charge in [0.25, 0.3) is 0 Å². The topological polar surface area (TPSA) is 48.1 Å². The summed E-state index contributed by atoms with van der Waals surface area (Å²) in [7, 11) is 0. The maximum Gasteiger partial charge on any atom is 0.137 e. The van der Waals surface area contributed by atoms with Gasteiger partial charge in [-0.2, -0.15) is 0 Å². The number of aromatic nitrogens is 1. The van der Waals surface area contributed by atoms with Crippen molar-refractivity contribution < 1.29 is 4.74 Å². The molecule has 0 radical (unpaired) electrons. The van der Waals surface area contributed by atoms with E-state index in [0.29, 0.717) is 12.5 Å². The highest BCUT2D eigenvalue weighted by atomic mass is 16.5. The number of ether oxygens (including phenoxy) is 1. The average molecular weight is 232 g/mol. The van der Waals surface area contributed by atoms with Crippen LogP contribution in [-0.4, -0.2) is 11.6 Å². The minimum absolute atomic E-state index is 0.135. The third-order valence-electron chi connectivity index (χ3n) is 4.22. The lowest BCUT2D eigenvalue weighted by atomic mass is 9.91. The highest BCUT2D eigenvalue weighted by molar-refractivity contribution is 5.26. The van der Waals surface area contributed by atoms with Gasteiger partial charge < -0.3 is 10.5 Å². The number of hydrogen-bond donors (Lipinski definition) is 1. The Kier molecular flexibility index (Phi) is 2.79. The van der Waals surface area contributed by atoms with Crippen molar-refractivity contribution >= 4 is 0 Å². The van der Waals surface area contributed by atoms with Gasteiger partial charge in [-0.25, -0.2) is 0 Å². The molecular formula is C14H20N2O. The third-order valence-corrected chi connectivity index (χ3v) is 4.22. The van der Waals surface area contributed by atoms with E-state index >= 15 is 0 Å². The van der Waals surface area contributed by atoms with E-state index in [1.54, 1.807) is 6.20 Å². The highest BCUT2D eigenvalue weighted by Crippen LogP contribution is 2.56. The van der Waals surface area contributed by atoms with Crippen LogP contribution < -0.4 is 10.5 Å². The normalized spacial score (nSPS) is 32.0. The van der Waals surface area contributed by atoms with Crippen LogP contribution in [0.1, 0.15) is 37.8 Å². The lowest BCUT2D eigenvalue weighted by Gasteiger charge is -2.21. The molecular weight excluding hydrogens is 212 g/mol. The fourth-order valence-corrected chi connectivity index (χ4v) is 3.19. The minimum atomic E-state index is 0.135. The summed E-state index contributed by atoms with van der Waals surface area (Å²) in [4.78, 5) is 4.22. The molecule has 3 atom stereocenters. The van der Waals surface area contributed by atoms with Crippen LogP contribution in [0.4, 0.5) is 0 Å². The van der Waals surface area contributed by atoms with Gasteiger partial charge in [-0.05, 0) is 55.6 Å². The van der Waals surface area contributed by atoms with E-state index in [9.17, 15) is 0 Å². The third kappa shape index (κ3) is 2.16. The molecule has 92 valence electrons. The van der Waals surface area contributed by atoms with Gasteiger partial charge in [0, 0.05) is 12.2 Å². The van der Waals surface area contributed by atoms with Gasteiger partial charge >= 0.3 is 0 Å². The Morgan fingerprint density at radius 1 is 1.35 bits per heavy atom. The van der Waals surface area contributed by atoms with Crippen LogP contribution in [0.25, 0.3) is 0 Å². The summed E-state index contributed by atoms with van der Waals surface area (Å²) in [5, 5.41) is 0. The van der Waals surface area contributed by atoms with Crippen molar-refractivity contribution in [3.05, 3.63) is 24.0 Å². The average Bonchev–Trinajstić information content (AvgIpc) is 2.96. The monoisotopic (exact) mass is 232 g/mol. The van der Waals surface area contributed by atoms with E-state index in [1.165, 1.54) is 19.3 Å². The highest BCUT2D eigenvalue weighted by Gasteiger charge is 2.47. The smallest absolute Gasteiger partial charge is 0.137 e. The fourth-order valence-electron chi connectivity index (χ4n) is 3.19. The quantitative estimate of drug-likeness (QED) is 0.867. The molecule has 3 heteroatoms. The SMILES string of the molecule is CCOc1cncc(C(N)C2CC3CC3C2)c1. The number of hydrogen-bond acceptors (Lipinski definition) is 3. The second-order valence-corrected chi connectivity index (χ2v) is 5.40. The zero-order valence-electron chi connectivity index (χ0n) is 10.3. The van der Waals surface area contributed by atoms with Crippen LogP contribution in [-0.2, 0) is 0 Å². The molecule has 2 aliphatic carbocycles. The molecule has 0 aromatic carbocycles. The molecule has 0 aliphatic heterocycles. The van der Waals surface area contributed by atoms with Gasteiger partial charge in [0.05, 0.1) is 12.8 Å². The molecule has 0 spiro atoms. The Morgan fingerprint density at radius 2 is 2.12 bits per heavy atom. The molecule has 17 heavy (non-hydrogen) atoms. The van der Waals surface area contributed by atoms with Crippen molar-refractivity contribution in [1.29, 1.82) is 0 Å². The Labute approximate surface area is 102 Å². The number of nitrogens with zero attached hydrogens (tertiary/aromatic N) is 1. The van der Waals surface area contributed by atoms with E-state index in [1.807, 2.05) is 19.2 Å². The predicted molar refractivity (Wildman–Crippen MR) is 66.7 cm³/mol. The van der Waals surface area contributed by atoms with E-state index < -0.39 is 0 Å². The van der Waals surface area contributed by atoms with Crippen molar-refractivity contribution in [2.45, 2.75) is 32.2 Å². The summed E-state index contributed by atoms with van der Waals surface area (Å²) in [6, 6.07) is 2.18. The van der Waals surface area contributed by atoms with Crippen LogP contribution in [0.2, 0.25) is 0 Å². The van der Waals surface area contributed by atoms with Crippen molar-refractivity contribution in [2.75, 3.05) is 6.61 Å². The van der Waals surface area contributed by atoms with Crippen LogP contribution in [0.5, 0.6) is 5.75 Å². The van der Waals surface area contributed by atoms with E-state index in [0.717, 1.165) is 23.1 Å². The molecule has 3 rings (SSSR count). The lowest BCUT2D eigenvalue weighted by Crippen LogP contribution is -2.20. The first kappa shape index (κ1) is 11.0. The molecule has 2 saturated carbocycles. The maximum atomic E-state index is 6.35. The standard InChI is InChI=1S/C14H20N2O/c1-2-17-13-6-12(7-16-8-13)14(15)11-4-9-3-10(9)5-11/h6-11,14H,2-5,15H2,1H3. The molecule has 2 fully saturated rings. The largest absolute Gasteiger partial charge is 0.492 e. The second kappa shape index (κ2) is 4.30. The second-order valence-electron chi connectivity index (χ2n) is 5.40. The minimum Gasteiger partial charge on any atom is -0.492 e. The van der Waals surface area contributed by atoms with Gasteiger partial charge in [-0.1, -0.05) is 0 Å². The first-order valence-corrected chi connectivity index (χ1v) is 6.61. The van der Waals surface area contributed by atoms with Crippen molar-refractivity contribution in [3.8, 4) is 5.75 Å². The van der Waals surface area contributed by atoms with Gasteiger partial charge in [0.1, 0.15) is 5.75 Å². The summed E-state index contributed by atoms with van der Waals surface area (Å²) in [5.74, 6) is 3.45. The number of nitrogens with two attached hydrogens (primary N) is 1. The van der Waals surface area contributed by atoms with Gasteiger partial charge in [-0.3, -0.25) is 4.98 Å². The molecule has 1 aromatic heterocycles. The summed E-state index contributed by atoms with van der Waals surface area (Å²) in [6.45, 7) is 2.66. The fraction of sp³-hybridized carbons (Fsp3) is 0.643. The Morgan fingerprint density at radius 3 is 2.82 bits per heavy atom. The molecule has 0 saturated heterocycles. The first-order chi connectivity index (χ1) is 8.28. The molecule has 3 unspecified atom stereocenters. The number of pyridine rings is 1. The van der Waals surface area contributed by atoms with Crippen LogP contribution in [0.15, 0.2) is 18.5 Å². The first-order valence-electron chi connectivity index (χ1n) is 6.61. The zero-order chi connectivity index (χ0) is 11.8. The van der Waals surface area contributed by atoms with Crippen molar-refractivity contribution in [1.82, 2.24) is 4.98 Å². The Bertz CT molecular complexity index is 397. The summed E-state index contributed by atoms with van der Waals surface area (Å²) >= 11 is 0. The van der Waals surface area contributed by atoms with Crippen molar-refractivity contribution in [2.24, 2.45) is 23.5 Å². The van der Waals surface area contributed by atoms with Crippen molar-refractivity contribution in [3.63, 3.8) is 0 Å². The van der Waals surface area contributed by atoms with Crippen LogP contribution in [0, 0.1) is 17.8 Å². The Balaban J connectivity index is 1.71. The summed E-state index contributed by atoms with van der Waals surface area (Å²) in [6.07, 6.45) is 7.71. The molecule has 3 nitrogen and oxygen atoms in total. The Hall–Kier alpha value is -1.09. The zero-order valence-corrected chi connectivity index (χ0v) is 10.3. The van der Waals surface area contributed by atoms with Gasteiger partial charge in [-0.15, -0.1) is 0 Å². The molecule has 1 heterocycles. The summed E-state index contributed by atoms with van der Waals surface area (Å²) in [5.41, 5.74) is 7.48. The number of rotatable bonds is 4. The predicted octanol–water partition coefficient (Wildman–Crippen LogP) is 2.53. The lowest BCUT2D eigenvalue weighted by molar-refractivity contribution is 0.336. The number of fused-ring (bicyclic) bond motifs is 1. The molecule has 1 aromatic rings. The van der Waals surface area contributed by atoms with Gasteiger partial charge in [0.2, 0.25) is 0 Å². The maximum absolute atomic E-state index is 6.35. The molecule has 0 amide bonds. The van der Waals surface area contributed by atoms with Gasteiger partial charge in [0.15, 0.2) is 0 Å². The molecule has 0 bridgehead atoms. The van der Waals surface area contributed by atoms with E-state index in [4.69, 9.17) is 10.5 Å². The van der Waals surface area contributed by atoms with Crippen LogP contribution in [0.3, 0.4) is 0 Å².